The van der Waals surface area contributed by atoms with Crippen LogP contribution in [0.1, 0.15) is 0 Å². The molecular formula is C27H18N4O. The summed E-state index contributed by atoms with van der Waals surface area (Å²) < 4.78 is 6.23. The number of nitrogens with zero attached hydrogens (tertiary/aromatic N) is 3. The quantitative estimate of drug-likeness (QED) is 0.341. The lowest BCUT2D eigenvalue weighted by Gasteiger charge is -2.09. The van der Waals surface area contributed by atoms with Crippen molar-refractivity contribution in [1.82, 2.24) is 15.0 Å². The van der Waals surface area contributed by atoms with Gasteiger partial charge in [-0.25, -0.2) is 15.0 Å². The smallest absolute Gasteiger partial charge is 0.167 e. The second kappa shape index (κ2) is 7.32. The lowest BCUT2D eigenvalue weighted by atomic mass is 10.1. The third-order valence-electron chi connectivity index (χ3n) is 5.46. The van der Waals surface area contributed by atoms with Crippen LogP contribution < -0.4 is 5.73 Å². The summed E-state index contributed by atoms with van der Waals surface area (Å²) in [6.45, 7) is 0. The van der Waals surface area contributed by atoms with Crippen molar-refractivity contribution in [3.8, 4) is 34.2 Å². The van der Waals surface area contributed by atoms with E-state index in [9.17, 15) is 0 Å². The maximum atomic E-state index is 6.23. The standard InChI is InChI=1S/C27H18N4O/c28-19-11-6-10-18(16-19)26-29-25(17-8-2-1-3-9-17)30-27(31-26)22-14-7-13-21-20-12-4-5-15-23(20)32-24(21)22/h1-16H,28H2. The van der Waals surface area contributed by atoms with Crippen LogP contribution in [0.25, 0.3) is 56.1 Å². The molecule has 0 amide bonds. The molecular weight excluding hydrogens is 396 g/mol. The maximum Gasteiger partial charge on any atom is 0.167 e. The normalized spacial score (nSPS) is 11.2. The van der Waals surface area contributed by atoms with E-state index in [-0.39, 0.29) is 0 Å². The van der Waals surface area contributed by atoms with Gasteiger partial charge in [0.25, 0.3) is 0 Å². The molecule has 0 saturated carbocycles. The summed E-state index contributed by atoms with van der Waals surface area (Å²) in [6, 6.07) is 31.5. The van der Waals surface area contributed by atoms with Crippen LogP contribution in [0.15, 0.2) is 101 Å². The molecule has 4 aromatic carbocycles. The molecule has 0 aliphatic carbocycles. The van der Waals surface area contributed by atoms with Gasteiger partial charge in [0.1, 0.15) is 11.2 Å². The molecule has 0 atom stereocenters. The Bertz CT molecular complexity index is 1590. The van der Waals surface area contributed by atoms with Gasteiger partial charge in [-0.15, -0.1) is 0 Å². The molecule has 0 unspecified atom stereocenters. The van der Waals surface area contributed by atoms with Crippen LogP contribution in [-0.2, 0) is 0 Å². The van der Waals surface area contributed by atoms with Crippen molar-refractivity contribution in [3.05, 3.63) is 97.1 Å². The summed E-state index contributed by atoms with van der Waals surface area (Å²) in [5.41, 5.74) is 10.9. The van der Waals surface area contributed by atoms with Crippen LogP contribution >= 0.6 is 0 Å². The molecule has 2 heterocycles. The topological polar surface area (TPSA) is 77.8 Å². The maximum absolute atomic E-state index is 6.23. The van der Waals surface area contributed by atoms with Crippen molar-refractivity contribution in [2.24, 2.45) is 0 Å². The first-order chi connectivity index (χ1) is 15.8. The van der Waals surface area contributed by atoms with Crippen molar-refractivity contribution in [2.45, 2.75) is 0 Å². The molecule has 6 aromatic rings. The van der Waals surface area contributed by atoms with E-state index in [4.69, 9.17) is 25.1 Å². The molecule has 0 radical (unpaired) electrons. The number of para-hydroxylation sites is 2. The number of nitrogen functional groups attached to an aromatic ring is 1. The Kier molecular flexibility index (Phi) is 4.18. The van der Waals surface area contributed by atoms with Gasteiger partial charge in [-0.1, -0.05) is 72.8 Å². The molecule has 0 spiro atoms. The minimum atomic E-state index is 0.556. The summed E-state index contributed by atoms with van der Waals surface area (Å²) in [5, 5.41) is 2.10. The summed E-state index contributed by atoms with van der Waals surface area (Å²) in [7, 11) is 0. The van der Waals surface area contributed by atoms with Crippen LogP contribution in [0, 0.1) is 0 Å². The van der Waals surface area contributed by atoms with Gasteiger partial charge in [-0.05, 0) is 24.3 Å². The van der Waals surface area contributed by atoms with E-state index in [1.807, 2.05) is 84.9 Å². The molecule has 5 heteroatoms. The van der Waals surface area contributed by atoms with Crippen molar-refractivity contribution in [1.29, 1.82) is 0 Å². The summed E-state index contributed by atoms with van der Waals surface area (Å²) in [5.74, 6) is 1.72. The Labute approximate surface area is 184 Å². The first-order valence-corrected chi connectivity index (χ1v) is 10.3. The van der Waals surface area contributed by atoms with Gasteiger partial charge >= 0.3 is 0 Å². The zero-order valence-electron chi connectivity index (χ0n) is 17.1. The number of fused-ring (bicyclic) bond motifs is 3. The zero-order valence-corrected chi connectivity index (χ0v) is 17.1. The number of benzene rings is 4. The lowest BCUT2D eigenvalue weighted by Crippen LogP contribution is -2.00. The van der Waals surface area contributed by atoms with Crippen molar-refractivity contribution >= 4 is 27.6 Å². The molecule has 32 heavy (non-hydrogen) atoms. The second-order valence-electron chi connectivity index (χ2n) is 7.58. The SMILES string of the molecule is Nc1cccc(-c2nc(-c3ccccc3)nc(-c3cccc4c3oc3ccccc34)n2)c1. The van der Waals surface area contributed by atoms with E-state index in [0.717, 1.165) is 38.6 Å². The minimum Gasteiger partial charge on any atom is -0.455 e. The van der Waals surface area contributed by atoms with Gasteiger partial charge in [0.2, 0.25) is 0 Å². The highest BCUT2D eigenvalue weighted by Crippen LogP contribution is 2.35. The number of furan rings is 1. The largest absolute Gasteiger partial charge is 0.455 e. The van der Waals surface area contributed by atoms with Gasteiger partial charge < -0.3 is 10.2 Å². The predicted octanol–water partition coefficient (Wildman–Crippen LogP) is 6.35. The lowest BCUT2D eigenvalue weighted by molar-refractivity contribution is 0.669. The Morgan fingerprint density at radius 1 is 0.562 bits per heavy atom. The van der Waals surface area contributed by atoms with Gasteiger partial charge in [0.05, 0.1) is 5.56 Å². The second-order valence-corrected chi connectivity index (χ2v) is 7.58. The summed E-state index contributed by atoms with van der Waals surface area (Å²) >= 11 is 0. The fraction of sp³-hybridized carbons (Fsp3) is 0. The number of hydrogen-bond acceptors (Lipinski definition) is 5. The first kappa shape index (κ1) is 18.3. The molecule has 152 valence electrons. The van der Waals surface area contributed by atoms with E-state index in [0.29, 0.717) is 23.2 Å². The molecule has 0 aliphatic heterocycles. The van der Waals surface area contributed by atoms with E-state index in [1.165, 1.54) is 0 Å². The highest BCUT2D eigenvalue weighted by Gasteiger charge is 2.17. The molecule has 2 N–H and O–H groups in total. The molecule has 0 fully saturated rings. The average molecular weight is 414 g/mol. The van der Waals surface area contributed by atoms with Crippen LogP contribution in [0.3, 0.4) is 0 Å². The van der Waals surface area contributed by atoms with Crippen LogP contribution in [0.5, 0.6) is 0 Å². The molecule has 0 bridgehead atoms. The van der Waals surface area contributed by atoms with Gasteiger partial charge in [-0.2, -0.15) is 0 Å². The summed E-state index contributed by atoms with van der Waals surface area (Å²) in [4.78, 5) is 14.4. The predicted molar refractivity (Wildman–Crippen MR) is 128 cm³/mol. The molecule has 2 aromatic heterocycles. The van der Waals surface area contributed by atoms with Crippen molar-refractivity contribution < 1.29 is 4.42 Å². The fourth-order valence-corrected chi connectivity index (χ4v) is 3.94. The Hall–Kier alpha value is -4.51. The van der Waals surface area contributed by atoms with Crippen molar-refractivity contribution in [2.75, 3.05) is 5.73 Å². The molecule has 6 rings (SSSR count). The number of rotatable bonds is 3. The number of hydrogen-bond donors (Lipinski definition) is 1. The number of anilines is 1. The minimum absolute atomic E-state index is 0.556. The monoisotopic (exact) mass is 414 g/mol. The Morgan fingerprint density at radius 3 is 2.06 bits per heavy atom. The van der Waals surface area contributed by atoms with Crippen molar-refractivity contribution in [3.63, 3.8) is 0 Å². The van der Waals surface area contributed by atoms with Gasteiger partial charge in [-0.3, -0.25) is 0 Å². The third-order valence-corrected chi connectivity index (χ3v) is 5.46. The zero-order chi connectivity index (χ0) is 21.5. The summed E-state index contributed by atoms with van der Waals surface area (Å²) in [6.07, 6.45) is 0. The fourth-order valence-electron chi connectivity index (χ4n) is 3.94. The molecule has 5 nitrogen and oxygen atoms in total. The number of nitrogens with two attached hydrogens (primary N) is 1. The Balaban J connectivity index is 1.63. The van der Waals surface area contributed by atoms with Gasteiger partial charge in [0, 0.05) is 27.6 Å². The molecule has 0 aliphatic rings. The van der Waals surface area contributed by atoms with E-state index >= 15 is 0 Å². The average Bonchev–Trinajstić information content (AvgIpc) is 3.23. The van der Waals surface area contributed by atoms with E-state index in [2.05, 4.69) is 12.1 Å². The molecule has 0 saturated heterocycles. The highest BCUT2D eigenvalue weighted by atomic mass is 16.3. The van der Waals surface area contributed by atoms with Crippen LogP contribution in [0.2, 0.25) is 0 Å². The van der Waals surface area contributed by atoms with Gasteiger partial charge in [0.15, 0.2) is 17.5 Å². The first-order valence-electron chi connectivity index (χ1n) is 10.3. The third kappa shape index (κ3) is 3.08. The van der Waals surface area contributed by atoms with Crippen LogP contribution in [0.4, 0.5) is 5.69 Å². The number of aromatic nitrogens is 3. The Morgan fingerprint density at radius 2 is 1.22 bits per heavy atom. The highest BCUT2D eigenvalue weighted by molar-refractivity contribution is 6.09. The van der Waals surface area contributed by atoms with E-state index < -0.39 is 0 Å². The van der Waals surface area contributed by atoms with Crippen LogP contribution in [-0.4, -0.2) is 15.0 Å². The van der Waals surface area contributed by atoms with E-state index in [1.54, 1.807) is 0 Å².